The molecule has 36 heavy (non-hydrogen) atoms. The van der Waals surface area contributed by atoms with Gasteiger partial charge in [0.15, 0.2) is 6.61 Å². The summed E-state index contributed by atoms with van der Waals surface area (Å²) >= 11 is 0. The van der Waals surface area contributed by atoms with Crippen LogP contribution >= 0.6 is 0 Å². The largest absolute Gasteiger partial charge is 0.497 e. The van der Waals surface area contributed by atoms with Gasteiger partial charge in [0, 0.05) is 25.7 Å². The molecule has 0 saturated carbocycles. The lowest BCUT2D eigenvalue weighted by molar-refractivity contribution is -0.134. The van der Waals surface area contributed by atoms with Gasteiger partial charge in [0.05, 0.1) is 18.1 Å². The van der Waals surface area contributed by atoms with Crippen molar-refractivity contribution in [2.24, 2.45) is 5.92 Å². The van der Waals surface area contributed by atoms with Crippen molar-refractivity contribution in [3.63, 3.8) is 0 Å². The molecule has 7 heteroatoms. The van der Waals surface area contributed by atoms with Gasteiger partial charge in [-0.1, -0.05) is 36.4 Å². The summed E-state index contributed by atoms with van der Waals surface area (Å²) in [6, 6.07) is 25.4. The summed E-state index contributed by atoms with van der Waals surface area (Å²) in [6.07, 6.45) is 1.88. The number of methoxy groups -OCH3 is 1. The minimum Gasteiger partial charge on any atom is -0.497 e. The van der Waals surface area contributed by atoms with E-state index >= 15 is 0 Å². The second kappa shape index (κ2) is 11.2. The van der Waals surface area contributed by atoms with Crippen LogP contribution in [-0.4, -0.2) is 47.2 Å². The molecule has 0 atom stereocenters. The fraction of sp³-hybridized carbons (Fsp3) is 0.310. The smallest absolute Gasteiger partial charge is 0.260 e. The molecular weight excluding hydrogens is 454 g/mol. The first-order chi connectivity index (χ1) is 17.7. The van der Waals surface area contributed by atoms with Crippen LogP contribution < -0.4 is 14.2 Å². The molecule has 5 rings (SSSR count). The molecule has 1 saturated heterocycles. The number of hydrogen-bond acceptors (Lipinski definition) is 5. The van der Waals surface area contributed by atoms with Gasteiger partial charge in [-0.3, -0.25) is 4.79 Å². The van der Waals surface area contributed by atoms with Gasteiger partial charge in [-0.05, 0) is 55.2 Å². The Bertz CT molecular complexity index is 1300. The van der Waals surface area contributed by atoms with Gasteiger partial charge in [-0.25, -0.2) is 4.98 Å². The Labute approximate surface area is 211 Å². The van der Waals surface area contributed by atoms with Crippen LogP contribution in [0.15, 0.2) is 78.9 Å². The number of nitrogens with zero attached hydrogens (tertiary/aromatic N) is 3. The minimum atomic E-state index is 0.0151. The van der Waals surface area contributed by atoms with E-state index in [0.717, 1.165) is 55.1 Å². The summed E-state index contributed by atoms with van der Waals surface area (Å²) in [7, 11) is 1.61. The number of imidazole rings is 1. The van der Waals surface area contributed by atoms with Crippen molar-refractivity contribution in [1.29, 1.82) is 0 Å². The number of ether oxygens (including phenoxy) is 3. The van der Waals surface area contributed by atoms with Crippen molar-refractivity contribution in [2.45, 2.75) is 26.0 Å². The highest BCUT2D eigenvalue weighted by Gasteiger charge is 2.25. The maximum atomic E-state index is 12.7. The highest BCUT2D eigenvalue weighted by atomic mass is 16.5. The van der Waals surface area contributed by atoms with E-state index < -0.39 is 0 Å². The van der Waals surface area contributed by atoms with Gasteiger partial charge in [-0.15, -0.1) is 0 Å². The maximum Gasteiger partial charge on any atom is 0.260 e. The lowest BCUT2D eigenvalue weighted by atomic mass is 9.96. The number of amides is 1. The number of likely N-dealkylation sites (tertiary alicyclic amines) is 1. The number of benzene rings is 3. The molecule has 0 radical (unpaired) electrons. The van der Waals surface area contributed by atoms with Crippen LogP contribution in [0.2, 0.25) is 0 Å². The summed E-state index contributed by atoms with van der Waals surface area (Å²) < 4.78 is 19.2. The third kappa shape index (κ3) is 5.62. The molecule has 0 bridgehead atoms. The average Bonchev–Trinajstić information content (AvgIpc) is 3.28. The van der Waals surface area contributed by atoms with Crippen LogP contribution in [0.3, 0.4) is 0 Å². The fourth-order valence-corrected chi connectivity index (χ4v) is 4.65. The van der Waals surface area contributed by atoms with Gasteiger partial charge in [0.2, 0.25) is 0 Å². The summed E-state index contributed by atoms with van der Waals surface area (Å²) in [5.41, 5.74) is 2.10. The molecule has 7 nitrogen and oxygen atoms in total. The van der Waals surface area contributed by atoms with Gasteiger partial charge in [-0.2, -0.15) is 0 Å². The molecule has 0 aliphatic carbocycles. The number of aromatic nitrogens is 2. The van der Waals surface area contributed by atoms with E-state index in [9.17, 15) is 4.79 Å². The zero-order chi connectivity index (χ0) is 24.7. The van der Waals surface area contributed by atoms with E-state index in [-0.39, 0.29) is 12.5 Å². The number of hydrogen-bond donors (Lipinski definition) is 0. The van der Waals surface area contributed by atoms with Gasteiger partial charge in [0.25, 0.3) is 5.91 Å². The van der Waals surface area contributed by atoms with Crippen molar-refractivity contribution in [1.82, 2.24) is 14.5 Å². The van der Waals surface area contributed by atoms with E-state index in [1.54, 1.807) is 13.2 Å². The summed E-state index contributed by atoms with van der Waals surface area (Å²) in [5, 5.41) is 0. The summed E-state index contributed by atoms with van der Waals surface area (Å²) in [6.45, 7) is 2.76. The van der Waals surface area contributed by atoms with Crippen LogP contribution in [0.5, 0.6) is 17.2 Å². The zero-order valence-corrected chi connectivity index (χ0v) is 20.5. The lowest BCUT2D eigenvalue weighted by Gasteiger charge is -2.32. The molecule has 1 aliphatic heterocycles. The van der Waals surface area contributed by atoms with E-state index in [1.807, 2.05) is 71.6 Å². The van der Waals surface area contributed by atoms with Crippen molar-refractivity contribution in [3.8, 4) is 17.2 Å². The van der Waals surface area contributed by atoms with Crippen LogP contribution in [0.1, 0.15) is 18.7 Å². The number of carbonyl (C=O) groups excluding carboxylic acids is 1. The Hall–Kier alpha value is -4.00. The second-order valence-corrected chi connectivity index (χ2v) is 9.02. The molecule has 186 valence electrons. The van der Waals surface area contributed by atoms with Crippen molar-refractivity contribution >= 4 is 16.9 Å². The Morgan fingerprint density at radius 1 is 0.889 bits per heavy atom. The molecule has 1 aromatic heterocycles. The van der Waals surface area contributed by atoms with Gasteiger partial charge < -0.3 is 23.7 Å². The maximum absolute atomic E-state index is 12.7. The lowest BCUT2D eigenvalue weighted by Crippen LogP contribution is -2.41. The molecule has 1 aliphatic rings. The number of fused-ring (bicyclic) bond motifs is 1. The third-order valence-corrected chi connectivity index (χ3v) is 6.66. The monoisotopic (exact) mass is 485 g/mol. The number of piperidine rings is 1. The SMILES string of the molecule is COc1cccc(OCC(=O)N2CCC(Cn3c(COc4ccccc4)nc4ccccc43)CC2)c1. The first-order valence-corrected chi connectivity index (χ1v) is 12.4. The zero-order valence-electron chi connectivity index (χ0n) is 20.5. The van der Waals surface area contributed by atoms with Crippen molar-refractivity contribution < 1.29 is 19.0 Å². The number of para-hydroxylation sites is 3. The van der Waals surface area contributed by atoms with Crippen molar-refractivity contribution in [3.05, 3.63) is 84.7 Å². The first kappa shape index (κ1) is 23.7. The first-order valence-electron chi connectivity index (χ1n) is 12.4. The molecule has 0 N–H and O–H groups in total. The average molecular weight is 486 g/mol. The predicted molar refractivity (Wildman–Crippen MR) is 138 cm³/mol. The number of rotatable bonds is 9. The molecule has 1 fully saturated rings. The minimum absolute atomic E-state index is 0.0151. The quantitative estimate of drug-likeness (QED) is 0.336. The fourth-order valence-electron chi connectivity index (χ4n) is 4.65. The van der Waals surface area contributed by atoms with E-state index in [2.05, 4.69) is 10.6 Å². The van der Waals surface area contributed by atoms with Crippen LogP contribution in [0.25, 0.3) is 11.0 Å². The van der Waals surface area contributed by atoms with Crippen LogP contribution in [0.4, 0.5) is 0 Å². The molecule has 1 amide bonds. The van der Waals surface area contributed by atoms with E-state index in [4.69, 9.17) is 19.2 Å². The van der Waals surface area contributed by atoms with Gasteiger partial charge >= 0.3 is 0 Å². The normalized spacial score (nSPS) is 14.1. The second-order valence-electron chi connectivity index (χ2n) is 9.02. The standard InChI is InChI=1S/C29H31N3O4/c1-34-24-10-7-11-25(18-24)36-21-29(33)31-16-14-22(15-17-31)19-32-27-13-6-5-12-26(27)30-28(32)20-35-23-8-3-2-4-9-23/h2-13,18,22H,14-17,19-21H2,1H3. The Morgan fingerprint density at radius 2 is 1.61 bits per heavy atom. The molecule has 2 heterocycles. The highest BCUT2D eigenvalue weighted by Crippen LogP contribution is 2.25. The molecule has 4 aromatic rings. The molecule has 0 spiro atoms. The Balaban J connectivity index is 1.18. The molecule has 3 aromatic carbocycles. The van der Waals surface area contributed by atoms with Crippen LogP contribution in [0, 0.1) is 5.92 Å². The highest BCUT2D eigenvalue weighted by molar-refractivity contribution is 5.78. The molecule has 0 unspecified atom stereocenters. The number of carbonyl (C=O) groups is 1. The Kier molecular flexibility index (Phi) is 7.36. The van der Waals surface area contributed by atoms with Gasteiger partial charge in [0.1, 0.15) is 29.7 Å². The Morgan fingerprint density at radius 3 is 2.42 bits per heavy atom. The molecular formula is C29H31N3O4. The van der Waals surface area contributed by atoms with Crippen LogP contribution in [-0.2, 0) is 17.9 Å². The summed E-state index contributed by atoms with van der Waals surface area (Å²) in [4.78, 5) is 19.5. The predicted octanol–water partition coefficient (Wildman–Crippen LogP) is 4.94. The third-order valence-electron chi connectivity index (χ3n) is 6.66. The van der Waals surface area contributed by atoms with Crippen molar-refractivity contribution in [2.75, 3.05) is 26.8 Å². The van der Waals surface area contributed by atoms with E-state index in [1.165, 1.54) is 0 Å². The summed E-state index contributed by atoms with van der Waals surface area (Å²) in [5.74, 6) is 3.57. The topological polar surface area (TPSA) is 65.8 Å². The van der Waals surface area contributed by atoms with E-state index in [0.29, 0.717) is 24.0 Å².